The normalized spacial score (nSPS) is 17.7. The number of rotatable bonds is 3. The Morgan fingerprint density at radius 1 is 1.37 bits per heavy atom. The van der Waals surface area contributed by atoms with Gasteiger partial charge in [0.2, 0.25) is 5.91 Å². The highest BCUT2D eigenvalue weighted by Crippen LogP contribution is 2.31. The predicted molar refractivity (Wildman–Crippen MR) is 92.1 cm³/mol. The lowest BCUT2D eigenvalue weighted by atomic mass is 10.2. The molecule has 0 spiro atoms. The fourth-order valence-electron chi connectivity index (χ4n) is 2.62. The molecule has 1 aliphatic heterocycles. The molecule has 1 unspecified atom stereocenters. The quantitative estimate of drug-likeness (QED) is 0.828. The van der Waals surface area contributed by atoms with Crippen LogP contribution in [0.4, 0.5) is 18.0 Å². The number of hydrogen-bond donors (Lipinski definition) is 1. The van der Waals surface area contributed by atoms with Crippen LogP contribution in [0.2, 0.25) is 5.02 Å². The second kappa shape index (κ2) is 7.92. The molecule has 2 heterocycles. The number of nitrogens with zero attached hydrogens (tertiary/aromatic N) is 2. The maximum atomic E-state index is 12.6. The van der Waals surface area contributed by atoms with Gasteiger partial charge in [-0.1, -0.05) is 11.6 Å². The number of aromatic nitrogens is 1. The van der Waals surface area contributed by atoms with Gasteiger partial charge in [-0.2, -0.15) is 13.2 Å². The third-order valence-corrected chi connectivity index (χ3v) is 4.19. The lowest BCUT2D eigenvalue weighted by Crippen LogP contribution is -2.47. The molecule has 1 N–H and O–H groups in total. The summed E-state index contributed by atoms with van der Waals surface area (Å²) in [6.45, 7) is 5.44. The number of amides is 2. The summed E-state index contributed by atoms with van der Waals surface area (Å²) in [6, 6.07) is 0.0617. The summed E-state index contributed by atoms with van der Waals surface area (Å²) in [4.78, 5) is 29.7. The van der Waals surface area contributed by atoms with Crippen molar-refractivity contribution < 1.29 is 27.5 Å². The van der Waals surface area contributed by atoms with Gasteiger partial charge >= 0.3 is 12.3 Å². The first-order valence-electron chi connectivity index (χ1n) is 8.37. The molecule has 1 saturated heterocycles. The number of nitrogens with one attached hydrogen (secondary N) is 1. The van der Waals surface area contributed by atoms with E-state index >= 15 is 0 Å². The molecule has 0 radical (unpaired) electrons. The van der Waals surface area contributed by atoms with E-state index < -0.39 is 35.4 Å². The van der Waals surface area contributed by atoms with Crippen LogP contribution in [0.5, 0.6) is 0 Å². The van der Waals surface area contributed by atoms with Gasteiger partial charge in [-0.05, 0) is 39.7 Å². The van der Waals surface area contributed by atoms with Crippen molar-refractivity contribution in [1.82, 2.24) is 15.2 Å². The molecule has 10 heteroatoms. The minimum Gasteiger partial charge on any atom is -0.444 e. The summed E-state index contributed by atoms with van der Waals surface area (Å²) in [5, 5.41) is 2.38. The third kappa shape index (κ3) is 5.72. The summed E-state index contributed by atoms with van der Waals surface area (Å²) in [5.74, 6) is -0.434. The van der Waals surface area contributed by atoms with Crippen LogP contribution in [0.1, 0.15) is 44.9 Å². The molecule has 0 aliphatic carbocycles. The van der Waals surface area contributed by atoms with E-state index in [0.717, 1.165) is 6.07 Å². The van der Waals surface area contributed by atoms with E-state index in [0.29, 0.717) is 25.6 Å². The first-order valence-corrected chi connectivity index (χ1v) is 8.75. The fraction of sp³-hybridized carbons (Fsp3) is 0.588. The molecular weight excluding hydrogens is 387 g/mol. The molecule has 1 aromatic rings. The van der Waals surface area contributed by atoms with Gasteiger partial charge in [0.25, 0.3) is 0 Å². The van der Waals surface area contributed by atoms with Crippen LogP contribution >= 0.6 is 11.6 Å². The van der Waals surface area contributed by atoms with Gasteiger partial charge < -0.3 is 10.1 Å². The largest absolute Gasteiger partial charge is 0.444 e. The van der Waals surface area contributed by atoms with Crippen molar-refractivity contribution >= 4 is 23.6 Å². The van der Waals surface area contributed by atoms with Crippen LogP contribution < -0.4 is 5.32 Å². The van der Waals surface area contributed by atoms with E-state index in [2.05, 4.69) is 10.3 Å². The summed E-state index contributed by atoms with van der Waals surface area (Å²) in [7, 11) is 0. The van der Waals surface area contributed by atoms with Crippen LogP contribution in [0, 0.1) is 0 Å². The molecule has 0 bridgehead atoms. The first-order chi connectivity index (χ1) is 12.4. The molecule has 6 nitrogen and oxygen atoms in total. The SMILES string of the molecule is CC(C)(C)OC(=O)N1CCCC1C(=O)NCc1ncc(C(F)(F)F)cc1Cl. The Bertz CT molecular complexity index is 720. The molecule has 27 heavy (non-hydrogen) atoms. The van der Waals surface area contributed by atoms with E-state index in [-0.39, 0.29) is 17.3 Å². The number of halogens is 4. The summed E-state index contributed by atoms with van der Waals surface area (Å²) < 4.78 is 43.2. The van der Waals surface area contributed by atoms with E-state index in [9.17, 15) is 22.8 Å². The molecule has 150 valence electrons. The van der Waals surface area contributed by atoms with Gasteiger partial charge in [0.05, 0.1) is 22.8 Å². The number of carbonyl (C=O) groups excluding carboxylic acids is 2. The standard InChI is InChI=1S/C17H21ClF3N3O3/c1-16(2,3)27-15(26)24-6-4-5-13(24)14(25)23-9-12-11(18)7-10(8-22-12)17(19,20)21/h7-8,13H,4-6,9H2,1-3H3,(H,23,25). The van der Waals surface area contributed by atoms with Crippen LogP contribution in [0.15, 0.2) is 12.3 Å². The van der Waals surface area contributed by atoms with Gasteiger partial charge in [-0.3, -0.25) is 14.7 Å². The summed E-state index contributed by atoms with van der Waals surface area (Å²) in [5.41, 5.74) is -1.53. The molecule has 1 aromatic heterocycles. The number of ether oxygens (including phenoxy) is 1. The van der Waals surface area contributed by atoms with Crippen molar-refractivity contribution in [2.45, 2.75) is 58.0 Å². The number of carbonyl (C=O) groups is 2. The summed E-state index contributed by atoms with van der Waals surface area (Å²) >= 11 is 5.83. The lowest BCUT2D eigenvalue weighted by molar-refractivity contribution is -0.137. The maximum Gasteiger partial charge on any atom is 0.417 e. The number of hydrogen-bond acceptors (Lipinski definition) is 4. The third-order valence-electron chi connectivity index (χ3n) is 3.86. The summed E-state index contributed by atoms with van der Waals surface area (Å²) in [6.07, 6.45) is -3.34. The molecule has 1 atom stereocenters. The first kappa shape index (κ1) is 21.3. The molecule has 1 aliphatic rings. The van der Waals surface area contributed by atoms with Crippen LogP contribution in [-0.4, -0.2) is 40.1 Å². The molecule has 2 rings (SSSR count). The Kier molecular flexibility index (Phi) is 6.24. The van der Waals surface area contributed by atoms with Gasteiger partial charge in [-0.15, -0.1) is 0 Å². The van der Waals surface area contributed by atoms with E-state index in [1.807, 2.05) is 0 Å². The van der Waals surface area contributed by atoms with Crippen molar-refractivity contribution in [2.24, 2.45) is 0 Å². The van der Waals surface area contributed by atoms with Crippen molar-refractivity contribution in [2.75, 3.05) is 6.54 Å². The van der Waals surface area contributed by atoms with Crippen molar-refractivity contribution in [3.63, 3.8) is 0 Å². The van der Waals surface area contributed by atoms with Crippen molar-refractivity contribution in [1.29, 1.82) is 0 Å². The Morgan fingerprint density at radius 2 is 2.04 bits per heavy atom. The van der Waals surface area contributed by atoms with Gasteiger partial charge in [0.1, 0.15) is 11.6 Å². The number of alkyl halides is 3. The number of likely N-dealkylation sites (tertiary alicyclic amines) is 1. The van der Waals surface area contributed by atoms with Crippen molar-refractivity contribution in [3.8, 4) is 0 Å². The van der Waals surface area contributed by atoms with Gasteiger partial charge in [-0.25, -0.2) is 4.79 Å². The highest BCUT2D eigenvalue weighted by molar-refractivity contribution is 6.31. The minimum absolute atomic E-state index is 0.111. The van der Waals surface area contributed by atoms with E-state index in [1.54, 1.807) is 20.8 Å². The molecule has 2 amide bonds. The van der Waals surface area contributed by atoms with E-state index in [4.69, 9.17) is 16.3 Å². The van der Waals surface area contributed by atoms with Gasteiger partial charge in [0, 0.05) is 12.7 Å². The highest BCUT2D eigenvalue weighted by Gasteiger charge is 2.36. The Labute approximate surface area is 160 Å². The smallest absolute Gasteiger partial charge is 0.417 e. The highest BCUT2D eigenvalue weighted by atomic mass is 35.5. The molecular formula is C17H21ClF3N3O3. The second-order valence-corrected chi connectivity index (χ2v) is 7.61. The molecule has 0 saturated carbocycles. The van der Waals surface area contributed by atoms with E-state index in [1.165, 1.54) is 4.90 Å². The zero-order valence-electron chi connectivity index (χ0n) is 15.2. The number of pyridine rings is 1. The zero-order valence-corrected chi connectivity index (χ0v) is 15.9. The lowest BCUT2D eigenvalue weighted by Gasteiger charge is -2.28. The Balaban J connectivity index is 2.00. The maximum absolute atomic E-state index is 12.6. The van der Waals surface area contributed by atoms with Crippen LogP contribution in [-0.2, 0) is 22.3 Å². The molecule has 1 fully saturated rings. The predicted octanol–water partition coefficient (Wildman–Crippen LogP) is 3.77. The average molecular weight is 408 g/mol. The van der Waals surface area contributed by atoms with Crippen molar-refractivity contribution in [3.05, 3.63) is 28.5 Å². The van der Waals surface area contributed by atoms with Gasteiger partial charge in [0.15, 0.2) is 0 Å². The van der Waals surface area contributed by atoms with Crippen LogP contribution in [0.3, 0.4) is 0 Å². The second-order valence-electron chi connectivity index (χ2n) is 7.20. The minimum atomic E-state index is -4.55. The Morgan fingerprint density at radius 3 is 2.59 bits per heavy atom. The monoisotopic (exact) mass is 407 g/mol. The fourth-order valence-corrected chi connectivity index (χ4v) is 2.85. The zero-order chi connectivity index (χ0) is 20.4. The van der Waals surface area contributed by atoms with Crippen LogP contribution in [0.25, 0.3) is 0 Å². The topological polar surface area (TPSA) is 71.5 Å². The molecule has 0 aromatic carbocycles. The average Bonchev–Trinajstić information content (AvgIpc) is 3.00. The Hall–Kier alpha value is -2.03.